The number of aromatic nitrogens is 1. The van der Waals surface area contributed by atoms with Gasteiger partial charge in [-0.05, 0) is 49.7 Å². The molecule has 3 fully saturated rings. The van der Waals surface area contributed by atoms with Gasteiger partial charge in [0.25, 0.3) is 0 Å². The zero-order valence-electron chi connectivity index (χ0n) is 30.9. The van der Waals surface area contributed by atoms with Crippen LogP contribution in [0.1, 0.15) is 59.3 Å². The second-order valence-electron chi connectivity index (χ2n) is 15.2. The first-order chi connectivity index (χ1) is 25.2. The van der Waals surface area contributed by atoms with Crippen LogP contribution in [0.3, 0.4) is 0 Å². The van der Waals surface area contributed by atoms with E-state index in [-0.39, 0.29) is 25.5 Å². The van der Waals surface area contributed by atoms with Crippen molar-refractivity contribution in [3.8, 4) is 22.8 Å². The SMILES string of the molecule is C=C[C@@H]1C[C@]1(NC(=O)[C@@H]1C[C@@H](Oc2cc(-c3ccccc3)nc3cc(OC)ccc23)CN1C(=O)[C@@H](NC(=O)OC1CCCC1)C(C)(C)C)P(=O)(O)OC. The van der Waals surface area contributed by atoms with E-state index in [2.05, 4.69) is 17.2 Å². The molecule has 1 unspecified atom stereocenters. The van der Waals surface area contributed by atoms with Gasteiger partial charge in [-0.25, -0.2) is 9.78 Å². The van der Waals surface area contributed by atoms with Crippen molar-refractivity contribution in [2.75, 3.05) is 20.8 Å². The number of likely N-dealkylation sites (tertiary alicyclic amines) is 1. The summed E-state index contributed by atoms with van der Waals surface area (Å²) in [6.45, 7) is 9.21. The number of hydrogen-bond acceptors (Lipinski definition) is 9. The van der Waals surface area contributed by atoms with Crippen molar-refractivity contribution in [3.63, 3.8) is 0 Å². The van der Waals surface area contributed by atoms with E-state index in [1.807, 2.05) is 69.3 Å². The van der Waals surface area contributed by atoms with E-state index in [4.69, 9.17) is 23.7 Å². The van der Waals surface area contributed by atoms with Gasteiger partial charge in [0, 0.05) is 42.5 Å². The maximum Gasteiger partial charge on any atom is 0.408 e. The number of ether oxygens (including phenoxy) is 3. The minimum Gasteiger partial charge on any atom is -0.497 e. The first-order valence-electron chi connectivity index (χ1n) is 18.0. The van der Waals surface area contributed by atoms with Crippen molar-refractivity contribution in [1.82, 2.24) is 20.5 Å². The maximum atomic E-state index is 14.6. The number of rotatable bonds is 12. The Morgan fingerprint density at radius 3 is 2.42 bits per heavy atom. The number of fused-ring (bicyclic) bond motifs is 1. The van der Waals surface area contributed by atoms with Crippen molar-refractivity contribution < 1.29 is 42.6 Å². The summed E-state index contributed by atoms with van der Waals surface area (Å²) in [5, 5.41) is 4.69. The number of hydrogen-bond donors (Lipinski definition) is 3. The number of nitrogens with one attached hydrogen (secondary N) is 2. The van der Waals surface area contributed by atoms with Gasteiger partial charge in [-0.15, -0.1) is 6.58 Å². The second kappa shape index (κ2) is 15.1. The molecule has 3 aromatic rings. The summed E-state index contributed by atoms with van der Waals surface area (Å²) in [4.78, 5) is 59.0. The molecule has 3 aliphatic rings. The number of nitrogens with zero attached hydrogens (tertiary/aromatic N) is 2. The molecule has 3 N–H and O–H groups in total. The van der Waals surface area contributed by atoms with E-state index in [0.29, 0.717) is 28.1 Å². The third kappa shape index (κ3) is 7.93. The number of amides is 3. The Hall–Kier alpha value is -4.45. The summed E-state index contributed by atoms with van der Waals surface area (Å²) in [5.74, 6) is -0.552. The lowest BCUT2D eigenvalue weighted by Gasteiger charge is -2.35. The van der Waals surface area contributed by atoms with E-state index in [0.717, 1.165) is 38.4 Å². The molecule has 14 heteroatoms. The van der Waals surface area contributed by atoms with Crippen LogP contribution in [-0.2, 0) is 23.4 Å². The second-order valence-corrected chi connectivity index (χ2v) is 17.4. The Morgan fingerprint density at radius 1 is 1.08 bits per heavy atom. The first kappa shape index (κ1) is 38.3. The van der Waals surface area contributed by atoms with Crippen molar-refractivity contribution in [2.24, 2.45) is 11.3 Å². The van der Waals surface area contributed by atoms with E-state index in [1.54, 1.807) is 13.2 Å². The highest BCUT2D eigenvalue weighted by atomic mass is 31.2. The lowest BCUT2D eigenvalue weighted by molar-refractivity contribution is -0.142. The molecular formula is C39H49N4O9P. The summed E-state index contributed by atoms with van der Waals surface area (Å²) >= 11 is 0. The van der Waals surface area contributed by atoms with Gasteiger partial charge in [-0.1, -0.05) is 57.2 Å². The van der Waals surface area contributed by atoms with Crippen LogP contribution >= 0.6 is 7.60 Å². The summed E-state index contributed by atoms with van der Waals surface area (Å²) < 4.78 is 36.0. The maximum absolute atomic E-state index is 14.6. The molecule has 1 saturated heterocycles. The molecule has 53 heavy (non-hydrogen) atoms. The minimum atomic E-state index is -4.32. The fourth-order valence-corrected chi connectivity index (χ4v) is 8.92. The monoisotopic (exact) mass is 748 g/mol. The smallest absolute Gasteiger partial charge is 0.408 e. The lowest BCUT2D eigenvalue weighted by Crippen LogP contribution is -2.58. The highest BCUT2D eigenvalue weighted by Gasteiger charge is 2.67. The molecule has 2 saturated carbocycles. The van der Waals surface area contributed by atoms with Gasteiger partial charge in [0.2, 0.25) is 11.8 Å². The predicted octanol–water partition coefficient (Wildman–Crippen LogP) is 6.19. The van der Waals surface area contributed by atoms with Gasteiger partial charge >= 0.3 is 13.7 Å². The molecule has 2 aromatic carbocycles. The molecule has 1 aromatic heterocycles. The summed E-state index contributed by atoms with van der Waals surface area (Å²) in [7, 11) is -1.63. The van der Waals surface area contributed by atoms with Crippen LogP contribution in [0.4, 0.5) is 4.79 Å². The number of methoxy groups -OCH3 is 1. The molecule has 6 atom stereocenters. The third-order valence-electron chi connectivity index (χ3n) is 10.5. The van der Waals surface area contributed by atoms with Crippen molar-refractivity contribution in [3.05, 3.63) is 67.3 Å². The molecule has 6 rings (SSSR count). The molecule has 13 nitrogen and oxygen atoms in total. The normalized spacial score (nSPS) is 24.6. The number of pyridine rings is 1. The van der Waals surface area contributed by atoms with Gasteiger partial charge in [0.15, 0.2) is 0 Å². The fourth-order valence-electron chi connectivity index (χ4n) is 7.39. The number of carbonyl (C=O) groups is 3. The van der Waals surface area contributed by atoms with Crippen LogP contribution < -0.4 is 20.1 Å². The minimum absolute atomic E-state index is 0.0115. The van der Waals surface area contributed by atoms with Crippen LogP contribution in [0.15, 0.2) is 67.3 Å². The average molecular weight is 749 g/mol. The Balaban J connectivity index is 1.34. The number of carbonyl (C=O) groups excluding carboxylic acids is 3. The number of benzene rings is 2. The Bertz CT molecular complexity index is 1910. The van der Waals surface area contributed by atoms with Gasteiger partial charge in [0.05, 0.1) is 24.9 Å². The predicted molar refractivity (Wildman–Crippen MR) is 199 cm³/mol. The van der Waals surface area contributed by atoms with Crippen LogP contribution in [0, 0.1) is 11.3 Å². The highest BCUT2D eigenvalue weighted by molar-refractivity contribution is 7.55. The highest BCUT2D eigenvalue weighted by Crippen LogP contribution is 2.69. The van der Waals surface area contributed by atoms with Gasteiger partial charge in [-0.3, -0.25) is 14.2 Å². The Morgan fingerprint density at radius 2 is 1.79 bits per heavy atom. The summed E-state index contributed by atoms with van der Waals surface area (Å²) in [6, 6.07) is 14.7. The molecule has 3 amide bonds. The molecule has 1 aliphatic heterocycles. The van der Waals surface area contributed by atoms with Crippen molar-refractivity contribution in [1.29, 1.82) is 0 Å². The van der Waals surface area contributed by atoms with E-state index in [9.17, 15) is 23.8 Å². The van der Waals surface area contributed by atoms with E-state index >= 15 is 0 Å². The Labute approximate surface area is 309 Å². The quantitative estimate of drug-likeness (QED) is 0.144. The molecule has 0 radical (unpaired) electrons. The zero-order chi connectivity index (χ0) is 38.1. The van der Waals surface area contributed by atoms with Crippen LogP contribution in [0.5, 0.6) is 11.5 Å². The van der Waals surface area contributed by atoms with E-state index < -0.39 is 60.3 Å². The third-order valence-corrected chi connectivity index (χ3v) is 12.6. The lowest BCUT2D eigenvalue weighted by atomic mass is 9.85. The standard InChI is InChI=1S/C39H49N4O9P/c1-7-25-22-39(25,53(47,48)50-6)42-35(44)32-20-28(23-43(32)36(45)34(38(2,3)4)41-37(46)52-26-15-11-12-16-26)51-33-21-30(24-13-9-8-10-14-24)40-31-19-27(49-5)17-18-29(31)33/h7-10,13-14,17-19,21,25-26,28,32,34H,1,11-12,15-16,20,22-23H2,2-6H3,(H,41,46)(H,42,44)(H,47,48)/t25-,28-,32+,34-,39+/m1/s1. The molecular weight excluding hydrogens is 699 g/mol. The zero-order valence-corrected chi connectivity index (χ0v) is 31.8. The van der Waals surface area contributed by atoms with Gasteiger partial charge < -0.3 is 39.2 Å². The van der Waals surface area contributed by atoms with Gasteiger partial charge in [-0.2, -0.15) is 0 Å². The first-order valence-corrected chi connectivity index (χ1v) is 19.6. The average Bonchev–Trinajstić information content (AvgIpc) is 3.40. The Kier molecular flexibility index (Phi) is 10.9. The van der Waals surface area contributed by atoms with Crippen LogP contribution in [0.2, 0.25) is 0 Å². The summed E-state index contributed by atoms with van der Waals surface area (Å²) in [6.07, 6.45) is 3.58. The largest absolute Gasteiger partial charge is 0.497 e. The topological polar surface area (TPSA) is 166 Å². The fraction of sp³-hybridized carbons (Fsp3) is 0.487. The van der Waals surface area contributed by atoms with Gasteiger partial charge in [0.1, 0.15) is 41.1 Å². The van der Waals surface area contributed by atoms with E-state index in [1.165, 1.54) is 11.0 Å². The molecule has 0 bridgehead atoms. The van der Waals surface area contributed by atoms with Crippen LogP contribution in [0.25, 0.3) is 22.2 Å². The van der Waals surface area contributed by atoms with Crippen molar-refractivity contribution in [2.45, 2.75) is 88.9 Å². The number of alkyl carbamates (subject to hydrolysis) is 1. The summed E-state index contributed by atoms with van der Waals surface area (Å²) in [5.41, 5.74) is 1.37. The molecule has 284 valence electrons. The molecule has 0 spiro atoms. The van der Waals surface area contributed by atoms with Crippen LogP contribution in [-0.4, -0.2) is 83.0 Å². The molecule has 2 aliphatic carbocycles. The van der Waals surface area contributed by atoms with Crippen molar-refractivity contribution >= 4 is 36.4 Å². The molecule has 2 heterocycles.